The number of imidazole rings is 1. The Bertz CT molecular complexity index is 1010. The Kier molecular flexibility index (Phi) is 5.75. The number of amides is 1. The molecule has 0 saturated heterocycles. The molecule has 0 N–H and O–H groups in total. The summed E-state index contributed by atoms with van der Waals surface area (Å²) < 4.78 is 2.13. The van der Waals surface area contributed by atoms with Crippen LogP contribution in [0.3, 0.4) is 0 Å². The van der Waals surface area contributed by atoms with E-state index in [0.717, 1.165) is 42.9 Å². The van der Waals surface area contributed by atoms with Crippen LogP contribution >= 0.6 is 0 Å². The largest absolute Gasteiger partial charge is 0.348 e. The average molecular weight is 431 g/mol. The molecular formula is C27H34N4O. The molecule has 5 heteroatoms. The van der Waals surface area contributed by atoms with Crippen molar-refractivity contribution in [1.29, 1.82) is 0 Å². The monoisotopic (exact) mass is 430 g/mol. The fraction of sp³-hybridized carbons (Fsp3) is 0.519. The molecule has 168 valence electrons. The first-order valence-electron chi connectivity index (χ1n) is 12.2. The van der Waals surface area contributed by atoms with Crippen molar-refractivity contribution >= 4 is 12.1 Å². The molecule has 5 rings (SSSR count). The van der Waals surface area contributed by atoms with Crippen LogP contribution in [0.2, 0.25) is 0 Å². The van der Waals surface area contributed by atoms with Crippen LogP contribution < -0.4 is 4.90 Å². The van der Waals surface area contributed by atoms with Gasteiger partial charge in [-0.1, -0.05) is 38.8 Å². The van der Waals surface area contributed by atoms with Gasteiger partial charge in [0.1, 0.15) is 12.0 Å². The molecule has 0 radical (unpaired) electrons. The highest BCUT2D eigenvalue weighted by Crippen LogP contribution is 2.50. The summed E-state index contributed by atoms with van der Waals surface area (Å²) in [4.78, 5) is 23.2. The molecule has 2 aliphatic heterocycles. The summed E-state index contributed by atoms with van der Waals surface area (Å²) in [6.07, 6.45) is 15.4. The van der Waals surface area contributed by atoms with Crippen LogP contribution in [0.1, 0.15) is 64.4 Å². The van der Waals surface area contributed by atoms with E-state index in [4.69, 9.17) is 0 Å². The maximum absolute atomic E-state index is 12.6. The molecule has 5 nitrogen and oxygen atoms in total. The lowest BCUT2D eigenvalue weighted by molar-refractivity contribution is -0.109. The van der Waals surface area contributed by atoms with Crippen molar-refractivity contribution in [2.75, 3.05) is 4.90 Å². The molecule has 0 bridgehead atoms. The number of carbonyl (C=O) groups is 1. The van der Waals surface area contributed by atoms with E-state index < -0.39 is 0 Å². The van der Waals surface area contributed by atoms with Crippen LogP contribution in [-0.2, 0) is 11.3 Å². The maximum Gasteiger partial charge on any atom is 0.214 e. The normalized spacial score (nSPS) is 26.4. The molecule has 32 heavy (non-hydrogen) atoms. The van der Waals surface area contributed by atoms with Gasteiger partial charge in [-0.2, -0.15) is 0 Å². The molecular weight excluding hydrogens is 396 g/mol. The third-order valence-electron chi connectivity index (χ3n) is 7.86. The van der Waals surface area contributed by atoms with Crippen LogP contribution in [0.15, 0.2) is 49.1 Å². The minimum absolute atomic E-state index is 0.0346. The van der Waals surface area contributed by atoms with Gasteiger partial charge in [0.2, 0.25) is 6.41 Å². The fourth-order valence-electron chi connectivity index (χ4n) is 6.71. The van der Waals surface area contributed by atoms with E-state index in [2.05, 4.69) is 57.5 Å². The zero-order chi connectivity index (χ0) is 22.1. The van der Waals surface area contributed by atoms with Gasteiger partial charge in [0, 0.05) is 24.6 Å². The van der Waals surface area contributed by atoms with Crippen LogP contribution in [0.4, 0.5) is 5.69 Å². The fourth-order valence-corrected chi connectivity index (χ4v) is 6.71. The number of anilines is 1. The lowest BCUT2D eigenvalue weighted by atomic mass is 9.64. The summed E-state index contributed by atoms with van der Waals surface area (Å²) in [5.41, 5.74) is 4.05. The van der Waals surface area contributed by atoms with Crippen molar-refractivity contribution < 1.29 is 4.79 Å². The van der Waals surface area contributed by atoms with Crippen LogP contribution in [0.25, 0.3) is 11.4 Å². The summed E-state index contributed by atoms with van der Waals surface area (Å²) in [7, 11) is 0. The van der Waals surface area contributed by atoms with E-state index in [1.165, 1.54) is 37.7 Å². The summed E-state index contributed by atoms with van der Waals surface area (Å²) >= 11 is 0. The number of nitrogens with zero attached hydrogens (tertiary/aromatic N) is 4. The number of rotatable bonds is 6. The van der Waals surface area contributed by atoms with Crippen LogP contribution in [0.5, 0.6) is 0 Å². The number of carbonyl (C=O) groups excluding carboxylic acids is 1. The second kappa shape index (κ2) is 8.68. The summed E-state index contributed by atoms with van der Waals surface area (Å²) in [5, 5.41) is 0. The van der Waals surface area contributed by atoms with E-state index in [9.17, 15) is 4.79 Å². The predicted octanol–water partition coefficient (Wildman–Crippen LogP) is 5.78. The van der Waals surface area contributed by atoms with Crippen molar-refractivity contribution in [3.8, 4) is 11.4 Å². The zero-order valence-electron chi connectivity index (χ0n) is 19.3. The number of fused-ring (bicyclic) bond motifs is 1. The zero-order valence-corrected chi connectivity index (χ0v) is 19.3. The first kappa shape index (κ1) is 21.2. The number of hydrogen-bond acceptors (Lipinski definition) is 3. The molecule has 0 spiro atoms. The SMILES string of the molecule is CC1CC(C)CC(C2CCCC2)(N(C=O)c2ccc(Cn3ccc4ncnc-4c3)cc2)C1. The van der Waals surface area contributed by atoms with Gasteiger partial charge < -0.3 is 9.47 Å². The third-order valence-corrected chi connectivity index (χ3v) is 7.86. The van der Waals surface area contributed by atoms with Gasteiger partial charge in [0.05, 0.1) is 11.2 Å². The molecule has 2 aliphatic carbocycles. The van der Waals surface area contributed by atoms with Gasteiger partial charge in [-0.3, -0.25) is 4.79 Å². The van der Waals surface area contributed by atoms with E-state index >= 15 is 0 Å². The van der Waals surface area contributed by atoms with E-state index in [0.29, 0.717) is 17.8 Å². The molecule has 2 saturated carbocycles. The van der Waals surface area contributed by atoms with Crippen molar-refractivity contribution in [1.82, 2.24) is 14.5 Å². The first-order chi connectivity index (χ1) is 15.6. The lowest BCUT2D eigenvalue weighted by Crippen LogP contribution is -2.57. The Hall–Kier alpha value is -2.69. The minimum Gasteiger partial charge on any atom is -0.348 e. The van der Waals surface area contributed by atoms with Gasteiger partial charge in [0.15, 0.2) is 0 Å². The number of hydrogen-bond donors (Lipinski definition) is 0. The van der Waals surface area contributed by atoms with Crippen LogP contribution in [0, 0.1) is 17.8 Å². The number of aromatic nitrogens is 3. The Morgan fingerprint density at radius 3 is 2.41 bits per heavy atom. The molecule has 2 atom stereocenters. The molecule has 2 heterocycles. The Morgan fingerprint density at radius 1 is 1.03 bits per heavy atom. The molecule has 1 amide bonds. The number of benzene rings is 1. The van der Waals surface area contributed by atoms with Gasteiger partial charge in [-0.05, 0) is 73.6 Å². The standard InChI is InChI=1S/C27H34N4O/c1-20-13-21(2)15-27(14-20,23-5-3-4-6-23)31(19-32)24-9-7-22(8-10-24)16-30-12-11-25-26(17-30)29-18-28-25/h7-12,17-21,23H,3-6,13-16H2,1-2H3. The Morgan fingerprint density at radius 2 is 1.72 bits per heavy atom. The highest BCUT2D eigenvalue weighted by Gasteiger charge is 2.48. The summed E-state index contributed by atoms with van der Waals surface area (Å²) in [6.45, 7) is 5.51. The quantitative estimate of drug-likeness (QED) is 0.466. The van der Waals surface area contributed by atoms with Crippen molar-refractivity contribution in [3.63, 3.8) is 0 Å². The average Bonchev–Trinajstić information content (AvgIpc) is 3.47. The Labute approximate surface area is 191 Å². The van der Waals surface area contributed by atoms with Crippen molar-refractivity contribution in [2.45, 2.75) is 70.9 Å². The second-order valence-corrected chi connectivity index (χ2v) is 10.3. The third kappa shape index (κ3) is 3.94. The van der Waals surface area contributed by atoms with E-state index in [1.54, 1.807) is 6.33 Å². The summed E-state index contributed by atoms with van der Waals surface area (Å²) in [6, 6.07) is 10.6. The minimum atomic E-state index is -0.0346. The number of pyridine rings is 1. The van der Waals surface area contributed by atoms with Gasteiger partial charge in [-0.25, -0.2) is 9.97 Å². The van der Waals surface area contributed by atoms with Crippen molar-refractivity contribution in [3.05, 3.63) is 54.6 Å². The molecule has 1 aromatic carbocycles. The van der Waals surface area contributed by atoms with Gasteiger partial charge in [0.25, 0.3) is 0 Å². The molecule has 2 unspecified atom stereocenters. The maximum atomic E-state index is 12.6. The highest BCUT2D eigenvalue weighted by molar-refractivity contribution is 5.77. The highest BCUT2D eigenvalue weighted by atomic mass is 16.1. The Balaban J connectivity index is 1.41. The molecule has 1 aromatic rings. The first-order valence-corrected chi connectivity index (χ1v) is 12.2. The summed E-state index contributed by atoms with van der Waals surface area (Å²) in [5.74, 6) is 1.93. The second-order valence-electron chi connectivity index (χ2n) is 10.3. The molecule has 2 fully saturated rings. The molecule has 4 aliphatic rings. The smallest absolute Gasteiger partial charge is 0.214 e. The lowest BCUT2D eigenvalue weighted by Gasteiger charge is -2.52. The van der Waals surface area contributed by atoms with E-state index in [1.807, 2.05) is 18.5 Å². The van der Waals surface area contributed by atoms with E-state index in [-0.39, 0.29) is 5.54 Å². The van der Waals surface area contributed by atoms with Gasteiger partial charge >= 0.3 is 0 Å². The van der Waals surface area contributed by atoms with Crippen molar-refractivity contribution in [2.24, 2.45) is 17.8 Å². The van der Waals surface area contributed by atoms with Gasteiger partial charge in [-0.15, -0.1) is 0 Å². The molecule has 0 aromatic heterocycles. The van der Waals surface area contributed by atoms with Crippen LogP contribution in [-0.4, -0.2) is 26.5 Å². The predicted molar refractivity (Wildman–Crippen MR) is 128 cm³/mol. The topological polar surface area (TPSA) is 51.0 Å².